The number of fused-ring (bicyclic) bond motifs is 1. The molecule has 0 atom stereocenters. The van der Waals surface area contributed by atoms with Crippen molar-refractivity contribution in [1.82, 2.24) is 14.9 Å². The van der Waals surface area contributed by atoms with Gasteiger partial charge in [0.1, 0.15) is 36.1 Å². The van der Waals surface area contributed by atoms with Gasteiger partial charge >= 0.3 is 0 Å². The summed E-state index contributed by atoms with van der Waals surface area (Å²) in [6.07, 6.45) is 4.46. The Hall–Kier alpha value is -4.37. The molecule has 8 nitrogen and oxygen atoms in total. The van der Waals surface area contributed by atoms with E-state index in [0.29, 0.717) is 52.2 Å². The maximum Gasteiger partial charge on any atom is 0.245 e. The summed E-state index contributed by atoms with van der Waals surface area (Å²) in [7, 11) is 1.62. The van der Waals surface area contributed by atoms with Gasteiger partial charge in [0.25, 0.3) is 0 Å². The Morgan fingerprint density at radius 3 is 2.70 bits per heavy atom. The third kappa shape index (κ3) is 6.26. The van der Waals surface area contributed by atoms with Crippen molar-refractivity contribution in [3.05, 3.63) is 90.0 Å². The number of anilines is 3. The van der Waals surface area contributed by atoms with Gasteiger partial charge in [-0.3, -0.25) is 4.79 Å². The average molecular weight is 562 g/mol. The van der Waals surface area contributed by atoms with Crippen LogP contribution >= 0.6 is 11.6 Å². The lowest BCUT2D eigenvalue weighted by Crippen LogP contribution is -2.41. The number of amides is 1. The van der Waals surface area contributed by atoms with E-state index in [1.54, 1.807) is 31.4 Å². The van der Waals surface area contributed by atoms with Gasteiger partial charge in [0.15, 0.2) is 0 Å². The standard InChI is InChI=1S/C30H29ClFN5O3/c1-3-29(38)37-11-9-21(10-12-37)35-26-15-23-25(16-28(26)39-2)33-18-34-30(23)36-22-7-8-27(24(31)14-22)40-17-19-5-4-6-20(32)13-19/h3-8,13-16,18,21,35H,1,9-12,17H2,2H3,(H,33,34,36). The van der Waals surface area contributed by atoms with Crippen LogP contribution in [0.2, 0.25) is 5.02 Å². The molecule has 2 N–H and O–H groups in total. The van der Waals surface area contributed by atoms with E-state index in [2.05, 4.69) is 27.2 Å². The number of carbonyl (C=O) groups excluding carboxylic acids is 1. The first-order valence-corrected chi connectivity index (χ1v) is 13.3. The lowest BCUT2D eigenvalue weighted by Gasteiger charge is -2.32. The number of rotatable bonds is 9. The highest BCUT2D eigenvalue weighted by atomic mass is 35.5. The molecule has 4 aromatic rings. The summed E-state index contributed by atoms with van der Waals surface area (Å²) in [5, 5.41) is 8.11. The highest BCUT2D eigenvalue weighted by Crippen LogP contribution is 2.35. The van der Waals surface area contributed by atoms with E-state index in [9.17, 15) is 9.18 Å². The number of hydrogen-bond donors (Lipinski definition) is 2. The zero-order valence-electron chi connectivity index (χ0n) is 22.0. The van der Waals surface area contributed by atoms with Crippen molar-refractivity contribution >= 4 is 45.6 Å². The molecule has 1 aromatic heterocycles. The summed E-state index contributed by atoms with van der Waals surface area (Å²) >= 11 is 6.50. The van der Waals surface area contributed by atoms with E-state index in [4.69, 9.17) is 21.1 Å². The van der Waals surface area contributed by atoms with Crippen LogP contribution < -0.4 is 20.1 Å². The van der Waals surface area contributed by atoms with Gasteiger partial charge in [-0.1, -0.05) is 30.3 Å². The van der Waals surface area contributed by atoms with Crippen LogP contribution in [-0.4, -0.2) is 47.0 Å². The molecular weight excluding hydrogens is 533 g/mol. The van der Waals surface area contributed by atoms with Crippen molar-refractivity contribution < 1.29 is 18.7 Å². The summed E-state index contributed by atoms with van der Waals surface area (Å²) in [6, 6.07) is 15.6. The minimum atomic E-state index is -0.315. The van der Waals surface area contributed by atoms with Crippen molar-refractivity contribution in [2.75, 3.05) is 30.8 Å². The second kappa shape index (κ2) is 12.2. The average Bonchev–Trinajstić information content (AvgIpc) is 2.97. The minimum Gasteiger partial charge on any atom is -0.495 e. The first-order valence-electron chi connectivity index (χ1n) is 12.9. The molecule has 0 saturated carbocycles. The van der Waals surface area contributed by atoms with Crippen LogP contribution in [0.1, 0.15) is 18.4 Å². The summed E-state index contributed by atoms with van der Waals surface area (Å²) in [5.74, 6) is 1.41. The minimum absolute atomic E-state index is 0.0408. The number of methoxy groups -OCH3 is 1. The first-order chi connectivity index (χ1) is 19.4. The van der Waals surface area contributed by atoms with Gasteiger partial charge in [-0.25, -0.2) is 14.4 Å². The van der Waals surface area contributed by atoms with Gasteiger partial charge in [0.2, 0.25) is 5.91 Å². The molecule has 1 saturated heterocycles. The van der Waals surface area contributed by atoms with Crippen molar-refractivity contribution in [2.24, 2.45) is 0 Å². The maximum atomic E-state index is 13.5. The molecule has 0 aliphatic carbocycles. The van der Waals surface area contributed by atoms with Crippen molar-refractivity contribution in [3.8, 4) is 11.5 Å². The quantitative estimate of drug-likeness (QED) is 0.230. The maximum absolute atomic E-state index is 13.5. The van der Waals surface area contributed by atoms with Crippen molar-refractivity contribution in [2.45, 2.75) is 25.5 Å². The van der Waals surface area contributed by atoms with Gasteiger partial charge in [-0.2, -0.15) is 0 Å². The fourth-order valence-corrected chi connectivity index (χ4v) is 4.91. The fourth-order valence-electron chi connectivity index (χ4n) is 4.68. The predicted molar refractivity (Wildman–Crippen MR) is 155 cm³/mol. The fraction of sp³-hybridized carbons (Fsp3) is 0.233. The van der Waals surface area contributed by atoms with Gasteiger partial charge < -0.3 is 25.0 Å². The zero-order valence-corrected chi connectivity index (χ0v) is 22.7. The molecule has 2 heterocycles. The molecular formula is C30H29ClFN5O3. The third-order valence-corrected chi connectivity index (χ3v) is 7.07. The van der Waals surface area contributed by atoms with E-state index in [1.807, 2.05) is 23.1 Å². The SMILES string of the molecule is C=CC(=O)N1CCC(Nc2cc3c(Nc4ccc(OCc5cccc(F)c5)c(Cl)c4)ncnc3cc2OC)CC1. The summed E-state index contributed by atoms with van der Waals surface area (Å²) in [6.45, 7) is 5.10. The summed E-state index contributed by atoms with van der Waals surface area (Å²) in [5.41, 5.74) is 2.96. The summed E-state index contributed by atoms with van der Waals surface area (Å²) in [4.78, 5) is 22.6. The Bertz CT molecular complexity index is 1540. The van der Waals surface area contributed by atoms with E-state index >= 15 is 0 Å². The number of piperidine rings is 1. The largest absolute Gasteiger partial charge is 0.495 e. The third-order valence-electron chi connectivity index (χ3n) is 6.78. The monoisotopic (exact) mass is 561 g/mol. The molecule has 206 valence electrons. The van der Waals surface area contributed by atoms with Crippen LogP contribution in [0.5, 0.6) is 11.5 Å². The van der Waals surface area contributed by atoms with Crippen LogP contribution in [0.25, 0.3) is 10.9 Å². The normalized spacial score (nSPS) is 13.6. The first kappa shape index (κ1) is 27.2. The van der Waals surface area contributed by atoms with Gasteiger partial charge in [0, 0.05) is 36.3 Å². The molecule has 3 aromatic carbocycles. The Morgan fingerprint density at radius 2 is 1.98 bits per heavy atom. The number of halogens is 2. The lowest BCUT2D eigenvalue weighted by molar-refractivity contribution is -0.126. The number of ether oxygens (including phenoxy) is 2. The van der Waals surface area contributed by atoms with Crippen LogP contribution in [0.3, 0.4) is 0 Å². The number of nitrogens with one attached hydrogen (secondary N) is 2. The zero-order chi connectivity index (χ0) is 28.1. The second-order valence-corrected chi connectivity index (χ2v) is 9.84. The lowest BCUT2D eigenvalue weighted by atomic mass is 10.0. The van der Waals surface area contributed by atoms with E-state index in [-0.39, 0.29) is 24.4 Å². The van der Waals surface area contributed by atoms with E-state index < -0.39 is 0 Å². The van der Waals surface area contributed by atoms with Gasteiger partial charge in [-0.15, -0.1) is 0 Å². The second-order valence-electron chi connectivity index (χ2n) is 9.43. The highest BCUT2D eigenvalue weighted by molar-refractivity contribution is 6.32. The van der Waals surface area contributed by atoms with Crippen LogP contribution in [0.4, 0.5) is 21.6 Å². The van der Waals surface area contributed by atoms with Gasteiger partial charge in [0.05, 0.1) is 23.3 Å². The molecule has 5 rings (SSSR count). The Labute approximate surface area is 236 Å². The number of nitrogens with zero attached hydrogens (tertiary/aromatic N) is 3. The molecule has 0 spiro atoms. The molecule has 0 unspecified atom stereocenters. The van der Waals surface area contributed by atoms with Crippen molar-refractivity contribution in [3.63, 3.8) is 0 Å². The Kier molecular flexibility index (Phi) is 8.31. The Balaban J connectivity index is 1.32. The molecule has 0 bridgehead atoms. The molecule has 0 radical (unpaired) electrons. The number of carbonyl (C=O) groups is 1. The van der Waals surface area contributed by atoms with E-state index in [0.717, 1.165) is 23.9 Å². The van der Waals surface area contributed by atoms with E-state index in [1.165, 1.54) is 24.5 Å². The Morgan fingerprint density at radius 1 is 1.15 bits per heavy atom. The van der Waals surface area contributed by atoms with Crippen LogP contribution in [0, 0.1) is 5.82 Å². The molecule has 40 heavy (non-hydrogen) atoms. The number of aromatic nitrogens is 2. The van der Waals surface area contributed by atoms with Crippen molar-refractivity contribution in [1.29, 1.82) is 0 Å². The molecule has 1 fully saturated rings. The number of hydrogen-bond acceptors (Lipinski definition) is 7. The molecule has 1 aliphatic rings. The smallest absolute Gasteiger partial charge is 0.245 e. The number of benzene rings is 3. The molecule has 1 amide bonds. The van der Waals surface area contributed by atoms with Crippen LogP contribution in [-0.2, 0) is 11.4 Å². The summed E-state index contributed by atoms with van der Waals surface area (Å²) < 4.78 is 24.9. The van der Waals surface area contributed by atoms with Gasteiger partial charge in [-0.05, 0) is 60.9 Å². The predicted octanol–water partition coefficient (Wildman–Crippen LogP) is 6.34. The molecule has 10 heteroatoms. The number of likely N-dealkylation sites (tertiary alicyclic amines) is 1. The highest BCUT2D eigenvalue weighted by Gasteiger charge is 2.22. The van der Waals surface area contributed by atoms with Crippen LogP contribution in [0.15, 0.2) is 73.6 Å². The topological polar surface area (TPSA) is 88.6 Å². The molecule has 1 aliphatic heterocycles.